The Hall–Kier alpha value is -2.21. The molecule has 1 aliphatic carbocycles. The zero-order valence-corrected chi connectivity index (χ0v) is 13.8. The normalized spacial score (nSPS) is 20.5. The molecule has 2 atom stereocenters. The molecule has 0 aliphatic heterocycles. The molecule has 2 aromatic rings. The lowest BCUT2D eigenvalue weighted by atomic mass is 10.1. The number of methoxy groups -OCH3 is 3. The van der Waals surface area contributed by atoms with E-state index in [0.29, 0.717) is 23.3 Å². The Morgan fingerprint density at radius 1 is 1.09 bits per heavy atom. The third-order valence-corrected chi connectivity index (χ3v) is 4.45. The van der Waals surface area contributed by atoms with Crippen molar-refractivity contribution < 1.29 is 14.2 Å². The molecule has 1 fully saturated rings. The Morgan fingerprint density at radius 3 is 2.48 bits per heavy atom. The third-order valence-electron chi connectivity index (χ3n) is 4.45. The summed E-state index contributed by atoms with van der Waals surface area (Å²) in [5.74, 6) is 2.70. The van der Waals surface area contributed by atoms with Crippen LogP contribution in [-0.4, -0.2) is 36.9 Å². The van der Waals surface area contributed by atoms with Crippen molar-refractivity contribution in [1.29, 1.82) is 0 Å². The topological polar surface area (TPSA) is 71.5 Å². The number of rotatable bonds is 5. The minimum Gasteiger partial charge on any atom is -0.493 e. The highest BCUT2D eigenvalue weighted by Crippen LogP contribution is 2.44. The van der Waals surface area contributed by atoms with Gasteiger partial charge in [-0.05, 0) is 31.4 Å². The maximum Gasteiger partial charge on any atom is 0.204 e. The smallest absolute Gasteiger partial charge is 0.204 e. The number of nitrogens with zero attached hydrogens (tertiary/aromatic N) is 2. The molecule has 23 heavy (non-hydrogen) atoms. The minimum absolute atomic E-state index is 0.266. The Balaban J connectivity index is 2.08. The first kappa shape index (κ1) is 15.7. The fourth-order valence-electron chi connectivity index (χ4n) is 3.34. The molecule has 6 nitrogen and oxygen atoms in total. The van der Waals surface area contributed by atoms with Crippen molar-refractivity contribution in [3.8, 4) is 28.6 Å². The predicted molar refractivity (Wildman–Crippen MR) is 88.2 cm³/mol. The highest BCUT2D eigenvalue weighted by molar-refractivity contribution is 5.72. The van der Waals surface area contributed by atoms with E-state index in [4.69, 9.17) is 19.9 Å². The summed E-state index contributed by atoms with van der Waals surface area (Å²) in [5.41, 5.74) is 6.95. The summed E-state index contributed by atoms with van der Waals surface area (Å²) in [6.07, 6.45) is 6.91. The zero-order valence-electron chi connectivity index (χ0n) is 13.8. The van der Waals surface area contributed by atoms with Gasteiger partial charge in [-0.3, -0.25) is 0 Å². The van der Waals surface area contributed by atoms with Crippen LogP contribution in [0.5, 0.6) is 17.2 Å². The van der Waals surface area contributed by atoms with E-state index in [-0.39, 0.29) is 6.04 Å². The molecular formula is C17H23N3O3. The quantitative estimate of drug-likeness (QED) is 0.918. The molecule has 0 spiro atoms. The van der Waals surface area contributed by atoms with Gasteiger partial charge >= 0.3 is 0 Å². The van der Waals surface area contributed by atoms with Crippen molar-refractivity contribution in [2.24, 2.45) is 5.73 Å². The fraction of sp³-hybridized carbons (Fsp3) is 0.471. The molecule has 0 amide bonds. The van der Waals surface area contributed by atoms with Crippen molar-refractivity contribution in [3.63, 3.8) is 0 Å². The maximum atomic E-state index is 6.06. The van der Waals surface area contributed by atoms with Crippen molar-refractivity contribution in [2.75, 3.05) is 21.3 Å². The second-order valence-corrected chi connectivity index (χ2v) is 5.77. The highest BCUT2D eigenvalue weighted by Gasteiger charge is 2.27. The predicted octanol–water partition coefficient (Wildman–Crippen LogP) is 2.63. The second-order valence-electron chi connectivity index (χ2n) is 5.77. The summed E-state index contributed by atoms with van der Waals surface area (Å²) in [6.45, 7) is 0. The fourth-order valence-corrected chi connectivity index (χ4v) is 3.34. The van der Waals surface area contributed by atoms with Crippen LogP contribution in [0.15, 0.2) is 24.5 Å². The van der Waals surface area contributed by atoms with Gasteiger partial charge in [0.1, 0.15) is 5.82 Å². The van der Waals surface area contributed by atoms with Gasteiger partial charge in [-0.1, -0.05) is 0 Å². The molecule has 0 bridgehead atoms. The van der Waals surface area contributed by atoms with E-state index in [0.717, 1.165) is 30.7 Å². The van der Waals surface area contributed by atoms with Gasteiger partial charge in [0.05, 0.1) is 26.9 Å². The van der Waals surface area contributed by atoms with E-state index in [2.05, 4.69) is 9.55 Å². The van der Waals surface area contributed by atoms with E-state index in [1.54, 1.807) is 21.3 Å². The first-order valence-electron chi connectivity index (χ1n) is 7.77. The molecule has 124 valence electrons. The second kappa shape index (κ2) is 6.50. The summed E-state index contributed by atoms with van der Waals surface area (Å²) in [6, 6.07) is 4.46. The molecule has 3 rings (SSSR count). The molecule has 1 aromatic carbocycles. The average Bonchev–Trinajstić information content (AvgIpc) is 3.21. The number of hydrogen-bond donors (Lipinski definition) is 1. The molecule has 1 heterocycles. The van der Waals surface area contributed by atoms with Gasteiger partial charge in [0.15, 0.2) is 11.5 Å². The number of hydrogen-bond acceptors (Lipinski definition) is 5. The summed E-state index contributed by atoms with van der Waals surface area (Å²) >= 11 is 0. The number of aromatic nitrogens is 2. The SMILES string of the molecule is COc1ccc(-c2nccn2[C@@H]2CC[C@@H](N)C2)c(OC)c1OC. The largest absolute Gasteiger partial charge is 0.493 e. The van der Waals surface area contributed by atoms with Gasteiger partial charge in [-0.15, -0.1) is 0 Å². The van der Waals surface area contributed by atoms with Gasteiger partial charge in [-0.25, -0.2) is 4.98 Å². The molecular weight excluding hydrogens is 294 g/mol. The van der Waals surface area contributed by atoms with Crippen LogP contribution in [0.25, 0.3) is 11.4 Å². The Bertz CT molecular complexity index is 684. The van der Waals surface area contributed by atoms with Crippen LogP contribution in [0.3, 0.4) is 0 Å². The van der Waals surface area contributed by atoms with Crippen LogP contribution in [-0.2, 0) is 0 Å². The highest BCUT2D eigenvalue weighted by atomic mass is 16.5. The van der Waals surface area contributed by atoms with Gasteiger partial charge in [-0.2, -0.15) is 0 Å². The lowest BCUT2D eigenvalue weighted by Gasteiger charge is -2.19. The monoisotopic (exact) mass is 317 g/mol. The summed E-state index contributed by atoms with van der Waals surface area (Å²) in [7, 11) is 4.84. The van der Waals surface area contributed by atoms with Gasteiger partial charge in [0.25, 0.3) is 0 Å². The lowest BCUT2D eigenvalue weighted by Crippen LogP contribution is -2.16. The van der Waals surface area contributed by atoms with Gasteiger partial charge < -0.3 is 24.5 Å². The van der Waals surface area contributed by atoms with Gasteiger partial charge in [0, 0.05) is 24.5 Å². The number of ether oxygens (including phenoxy) is 3. The molecule has 2 N–H and O–H groups in total. The number of benzene rings is 1. The molecule has 1 saturated carbocycles. The summed E-state index contributed by atoms with van der Waals surface area (Å²) < 4.78 is 18.6. The molecule has 0 unspecified atom stereocenters. The lowest BCUT2D eigenvalue weighted by molar-refractivity contribution is 0.325. The maximum absolute atomic E-state index is 6.06. The number of imidazole rings is 1. The third kappa shape index (κ3) is 2.74. The first-order valence-corrected chi connectivity index (χ1v) is 7.77. The standard InChI is InChI=1S/C17H23N3O3/c1-21-14-7-6-13(15(22-2)16(14)23-3)17-19-8-9-20(17)12-5-4-11(18)10-12/h6-9,11-12H,4-5,10,18H2,1-3H3/t11-,12-/m1/s1. The minimum atomic E-state index is 0.266. The summed E-state index contributed by atoms with van der Waals surface area (Å²) in [4.78, 5) is 4.54. The Morgan fingerprint density at radius 2 is 1.87 bits per heavy atom. The van der Waals surface area contributed by atoms with Crippen molar-refractivity contribution >= 4 is 0 Å². The Kier molecular flexibility index (Phi) is 4.43. The van der Waals surface area contributed by atoms with E-state index >= 15 is 0 Å². The van der Waals surface area contributed by atoms with E-state index in [9.17, 15) is 0 Å². The van der Waals surface area contributed by atoms with Crippen LogP contribution in [0.2, 0.25) is 0 Å². The molecule has 0 radical (unpaired) electrons. The number of nitrogens with two attached hydrogens (primary N) is 1. The molecule has 0 saturated heterocycles. The van der Waals surface area contributed by atoms with E-state index in [1.807, 2.05) is 24.5 Å². The molecule has 6 heteroatoms. The molecule has 1 aliphatic rings. The van der Waals surface area contributed by atoms with Crippen LogP contribution >= 0.6 is 0 Å². The van der Waals surface area contributed by atoms with E-state index < -0.39 is 0 Å². The van der Waals surface area contributed by atoms with Gasteiger partial charge in [0.2, 0.25) is 5.75 Å². The van der Waals surface area contributed by atoms with Crippen LogP contribution in [0.1, 0.15) is 25.3 Å². The summed E-state index contributed by atoms with van der Waals surface area (Å²) in [5, 5.41) is 0. The van der Waals surface area contributed by atoms with Crippen LogP contribution < -0.4 is 19.9 Å². The van der Waals surface area contributed by atoms with E-state index in [1.165, 1.54) is 0 Å². The zero-order chi connectivity index (χ0) is 16.4. The van der Waals surface area contributed by atoms with Crippen molar-refractivity contribution in [1.82, 2.24) is 9.55 Å². The average molecular weight is 317 g/mol. The van der Waals surface area contributed by atoms with Crippen molar-refractivity contribution in [3.05, 3.63) is 24.5 Å². The Labute approximate surface area is 136 Å². The van der Waals surface area contributed by atoms with Crippen LogP contribution in [0, 0.1) is 0 Å². The first-order chi connectivity index (χ1) is 11.2. The van der Waals surface area contributed by atoms with Crippen molar-refractivity contribution in [2.45, 2.75) is 31.3 Å². The molecule has 1 aromatic heterocycles. The van der Waals surface area contributed by atoms with Crippen LogP contribution in [0.4, 0.5) is 0 Å².